The van der Waals surface area contributed by atoms with Gasteiger partial charge in [-0.25, -0.2) is 9.59 Å². The van der Waals surface area contributed by atoms with Crippen LogP contribution in [0.3, 0.4) is 0 Å². The molecular formula is C19H22N2O5. The van der Waals surface area contributed by atoms with Crippen molar-refractivity contribution in [3.63, 3.8) is 0 Å². The van der Waals surface area contributed by atoms with Crippen LogP contribution < -0.4 is 15.4 Å². The Morgan fingerprint density at radius 2 is 1.69 bits per heavy atom. The minimum absolute atomic E-state index is 0.115. The summed E-state index contributed by atoms with van der Waals surface area (Å²) in [7, 11) is 0. The monoisotopic (exact) mass is 358 g/mol. The molecule has 0 saturated carbocycles. The van der Waals surface area contributed by atoms with Gasteiger partial charge in [0.15, 0.2) is 12.7 Å². The largest absolute Gasteiger partial charge is 0.482 e. The van der Waals surface area contributed by atoms with E-state index in [0.29, 0.717) is 5.75 Å². The van der Waals surface area contributed by atoms with E-state index in [0.717, 1.165) is 10.8 Å². The maximum Gasteiger partial charge on any atom is 0.344 e. The quantitative estimate of drug-likeness (QED) is 0.773. The van der Waals surface area contributed by atoms with E-state index in [2.05, 4.69) is 10.6 Å². The molecule has 7 heteroatoms. The number of urea groups is 1. The van der Waals surface area contributed by atoms with Gasteiger partial charge in [0.1, 0.15) is 5.75 Å². The van der Waals surface area contributed by atoms with Crippen molar-refractivity contribution in [2.75, 3.05) is 6.61 Å². The lowest BCUT2D eigenvalue weighted by atomic mass is 10.1. The van der Waals surface area contributed by atoms with Gasteiger partial charge in [0.2, 0.25) is 0 Å². The molecule has 0 aliphatic rings. The Morgan fingerprint density at radius 1 is 1.00 bits per heavy atom. The van der Waals surface area contributed by atoms with E-state index >= 15 is 0 Å². The molecule has 2 aromatic rings. The second-order valence-electron chi connectivity index (χ2n) is 6.05. The predicted octanol–water partition coefficient (Wildman–Crippen LogP) is 2.38. The summed E-state index contributed by atoms with van der Waals surface area (Å²) in [6.07, 6.45) is -1.11. The summed E-state index contributed by atoms with van der Waals surface area (Å²) in [6.45, 7) is 4.56. The Morgan fingerprint density at radius 3 is 2.38 bits per heavy atom. The molecule has 0 radical (unpaired) electrons. The Labute approximate surface area is 151 Å². The molecule has 138 valence electrons. The number of nitrogens with one attached hydrogen (secondary N) is 2. The number of benzene rings is 2. The normalized spacial score (nSPS) is 11.7. The second-order valence-corrected chi connectivity index (χ2v) is 6.05. The third-order valence-corrected chi connectivity index (χ3v) is 3.41. The standard InChI is InChI=1S/C19H22N2O5/c1-12(2)20-19(24)21-18(23)13(3)26-17(22)11-25-16-9-8-14-6-4-5-7-15(14)10-16/h4-10,12-13H,11H2,1-3H3,(H2,20,21,23,24). The first kappa shape index (κ1) is 19.2. The average molecular weight is 358 g/mol. The number of imide groups is 1. The van der Waals surface area contributed by atoms with Crippen molar-refractivity contribution in [3.8, 4) is 5.75 Å². The van der Waals surface area contributed by atoms with Gasteiger partial charge in [-0.05, 0) is 43.7 Å². The van der Waals surface area contributed by atoms with Crippen molar-refractivity contribution < 1.29 is 23.9 Å². The number of hydrogen-bond donors (Lipinski definition) is 2. The molecule has 0 saturated heterocycles. The molecule has 7 nitrogen and oxygen atoms in total. The number of carbonyl (C=O) groups is 3. The molecule has 0 spiro atoms. The summed E-state index contributed by atoms with van der Waals surface area (Å²) in [5.74, 6) is -0.888. The fourth-order valence-corrected chi connectivity index (χ4v) is 2.20. The van der Waals surface area contributed by atoms with E-state index in [1.807, 2.05) is 36.4 Å². The lowest BCUT2D eigenvalue weighted by Crippen LogP contribution is -2.46. The summed E-state index contributed by atoms with van der Waals surface area (Å²) in [6, 6.07) is 12.5. The molecule has 1 unspecified atom stereocenters. The van der Waals surface area contributed by atoms with Crippen molar-refractivity contribution in [2.24, 2.45) is 0 Å². The van der Waals surface area contributed by atoms with E-state index in [1.165, 1.54) is 6.92 Å². The molecule has 1 atom stereocenters. The van der Waals surface area contributed by atoms with Crippen molar-refractivity contribution in [3.05, 3.63) is 42.5 Å². The van der Waals surface area contributed by atoms with E-state index < -0.39 is 24.0 Å². The van der Waals surface area contributed by atoms with Gasteiger partial charge >= 0.3 is 12.0 Å². The Hall–Kier alpha value is -3.09. The Kier molecular flexibility index (Phi) is 6.54. The molecule has 26 heavy (non-hydrogen) atoms. The molecule has 2 aromatic carbocycles. The van der Waals surface area contributed by atoms with Gasteiger partial charge in [0.25, 0.3) is 5.91 Å². The number of hydrogen-bond acceptors (Lipinski definition) is 5. The summed E-state index contributed by atoms with van der Waals surface area (Å²) >= 11 is 0. The SMILES string of the molecule is CC(C)NC(=O)NC(=O)C(C)OC(=O)COc1ccc2ccccc2c1. The van der Waals surface area contributed by atoms with Crippen LogP contribution in [0.25, 0.3) is 10.8 Å². The van der Waals surface area contributed by atoms with E-state index in [4.69, 9.17) is 9.47 Å². The van der Waals surface area contributed by atoms with Gasteiger partial charge in [0, 0.05) is 6.04 Å². The van der Waals surface area contributed by atoms with E-state index in [1.54, 1.807) is 19.9 Å². The van der Waals surface area contributed by atoms with Crippen LogP contribution in [0.2, 0.25) is 0 Å². The minimum atomic E-state index is -1.11. The summed E-state index contributed by atoms with van der Waals surface area (Å²) in [4.78, 5) is 35.1. The fraction of sp³-hybridized carbons (Fsp3) is 0.316. The molecule has 0 aliphatic carbocycles. The number of rotatable bonds is 6. The number of carbonyl (C=O) groups excluding carboxylic acids is 3. The molecule has 0 aromatic heterocycles. The highest BCUT2D eigenvalue weighted by Crippen LogP contribution is 2.20. The number of ether oxygens (including phenoxy) is 2. The van der Waals surface area contributed by atoms with Gasteiger partial charge in [0.05, 0.1) is 0 Å². The lowest BCUT2D eigenvalue weighted by molar-refractivity contribution is -0.156. The smallest absolute Gasteiger partial charge is 0.344 e. The highest BCUT2D eigenvalue weighted by Gasteiger charge is 2.20. The zero-order valence-electron chi connectivity index (χ0n) is 14.9. The zero-order valence-corrected chi connectivity index (χ0v) is 14.9. The van der Waals surface area contributed by atoms with Crippen LogP contribution in [0.1, 0.15) is 20.8 Å². The molecule has 0 bridgehead atoms. The molecule has 2 N–H and O–H groups in total. The third-order valence-electron chi connectivity index (χ3n) is 3.41. The highest BCUT2D eigenvalue weighted by atomic mass is 16.6. The van der Waals surface area contributed by atoms with Crippen molar-refractivity contribution >= 4 is 28.7 Å². The lowest BCUT2D eigenvalue weighted by Gasteiger charge is -2.14. The van der Waals surface area contributed by atoms with Crippen molar-refractivity contribution in [2.45, 2.75) is 32.9 Å². The Balaban J connectivity index is 1.81. The van der Waals surface area contributed by atoms with Crippen LogP contribution >= 0.6 is 0 Å². The summed E-state index contributed by atoms with van der Waals surface area (Å²) in [5.41, 5.74) is 0. The van der Waals surface area contributed by atoms with Crippen LogP contribution in [0, 0.1) is 0 Å². The fourth-order valence-electron chi connectivity index (χ4n) is 2.20. The first-order valence-corrected chi connectivity index (χ1v) is 8.27. The van der Waals surface area contributed by atoms with Crippen LogP contribution in [-0.2, 0) is 14.3 Å². The van der Waals surface area contributed by atoms with Crippen LogP contribution in [0.15, 0.2) is 42.5 Å². The topological polar surface area (TPSA) is 93.7 Å². The molecule has 2 rings (SSSR count). The highest BCUT2D eigenvalue weighted by molar-refractivity contribution is 5.97. The molecule has 0 heterocycles. The van der Waals surface area contributed by atoms with E-state index in [-0.39, 0.29) is 12.6 Å². The summed E-state index contributed by atoms with van der Waals surface area (Å²) in [5, 5.41) is 6.66. The first-order valence-electron chi connectivity index (χ1n) is 8.27. The minimum Gasteiger partial charge on any atom is -0.482 e. The van der Waals surface area contributed by atoms with E-state index in [9.17, 15) is 14.4 Å². The number of esters is 1. The number of amides is 3. The van der Waals surface area contributed by atoms with Crippen LogP contribution in [0.5, 0.6) is 5.75 Å². The summed E-state index contributed by atoms with van der Waals surface area (Å²) < 4.78 is 10.4. The van der Waals surface area contributed by atoms with Gasteiger partial charge in [-0.3, -0.25) is 10.1 Å². The maximum atomic E-state index is 11.8. The third kappa shape index (κ3) is 5.77. The Bertz CT molecular complexity index is 803. The maximum absolute atomic E-state index is 11.8. The number of fused-ring (bicyclic) bond motifs is 1. The molecule has 0 fully saturated rings. The van der Waals surface area contributed by atoms with Crippen molar-refractivity contribution in [1.29, 1.82) is 0 Å². The van der Waals surface area contributed by atoms with Gasteiger partial charge in [-0.1, -0.05) is 30.3 Å². The zero-order chi connectivity index (χ0) is 19.1. The van der Waals surface area contributed by atoms with Crippen LogP contribution in [0.4, 0.5) is 4.79 Å². The average Bonchev–Trinajstić information content (AvgIpc) is 2.58. The van der Waals surface area contributed by atoms with Gasteiger partial charge < -0.3 is 14.8 Å². The molecule has 0 aliphatic heterocycles. The first-order chi connectivity index (χ1) is 12.3. The molecule has 3 amide bonds. The predicted molar refractivity (Wildman–Crippen MR) is 96.8 cm³/mol. The molecular weight excluding hydrogens is 336 g/mol. The van der Waals surface area contributed by atoms with Crippen LogP contribution in [-0.4, -0.2) is 36.7 Å². The van der Waals surface area contributed by atoms with Gasteiger partial charge in [-0.15, -0.1) is 0 Å². The van der Waals surface area contributed by atoms with Gasteiger partial charge in [-0.2, -0.15) is 0 Å². The second kappa shape index (κ2) is 8.84. The van der Waals surface area contributed by atoms with Crippen molar-refractivity contribution in [1.82, 2.24) is 10.6 Å².